The number of hydrazine groups is 2. The molecule has 0 radical (unpaired) electrons. The molecule has 3 N–H and O–H groups in total. The maximum atomic E-state index is 12.6. The molecule has 2 aromatic carbocycles. The zero-order valence-electron chi connectivity index (χ0n) is 20.0. The number of carbonyl (C=O) groups excluding carboxylic acids is 4. The highest BCUT2D eigenvalue weighted by atomic mass is 16.6. The molecule has 0 aliphatic carbocycles. The van der Waals surface area contributed by atoms with Crippen LogP contribution in [-0.2, 0) is 19.2 Å². The van der Waals surface area contributed by atoms with Crippen LogP contribution in [0.15, 0.2) is 69.0 Å². The van der Waals surface area contributed by atoms with Gasteiger partial charge in [-0.1, -0.05) is 0 Å². The number of carbonyl (C=O) groups is 4. The first-order valence-electron chi connectivity index (χ1n) is 11.1. The number of aromatic nitrogens is 3. The predicted octanol–water partition coefficient (Wildman–Crippen LogP) is 0.682. The number of rotatable bonds is 8. The Balaban J connectivity index is 1.22. The van der Waals surface area contributed by atoms with Crippen molar-refractivity contribution >= 4 is 58.3 Å². The highest BCUT2D eigenvalue weighted by molar-refractivity contribution is 6.18. The summed E-state index contributed by atoms with van der Waals surface area (Å²) >= 11 is 0. The van der Waals surface area contributed by atoms with E-state index in [0.717, 1.165) is 34.3 Å². The fourth-order valence-corrected chi connectivity index (χ4v) is 3.51. The molecule has 206 valence electrons. The van der Waals surface area contributed by atoms with E-state index in [1.165, 1.54) is 24.3 Å². The van der Waals surface area contributed by atoms with Crippen LogP contribution in [0.2, 0.25) is 0 Å². The number of nitrogens with one attached hydrogen (secondary N) is 3. The van der Waals surface area contributed by atoms with Gasteiger partial charge in [-0.25, -0.2) is 15.1 Å². The van der Waals surface area contributed by atoms with E-state index in [9.17, 15) is 39.4 Å². The van der Waals surface area contributed by atoms with Gasteiger partial charge in [-0.15, -0.1) is 15.3 Å². The molecule has 41 heavy (non-hydrogen) atoms. The lowest BCUT2D eigenvalue weighted by atomic mass is 10.2. The minimum atomic E-state index is -1.60. The average Bonchev–Trinajstić information content (AvgIpc) is 3.61. The van der Waals surface area contributed by atoms with Crippen LogP contribution in [0.5, 0.6) is 0 Å². The van der Waals surface area contributed by atoms with Crippen molar-refractivity contribution < 1.29 is 29.0 Å². The zero-order valence-corrected chi connectivity index (χ0v) is 20.0. The van der Waals surface area contributed by atoms with E-state index in [4.69, 9.17) is 0 Å². The molecule has 2 fully saturated rings. The van der Waals surface area contributed by atoms with Crippen molar-refractivity contribution in [1.82, 2.24) is 26.0 Å². The topological polar surface area (TPSA) is 276 Å². The molecule has 2 aliphatic rings. The average molecular weight is 563 g/mol. The Labute approximate surface area is 225 Å². The molecule has 2 unspecified atom stereocenters. The van der Waals surface area contributed by atoms with Crippen LogP contribution in [0, 0.1) is 20.2 Å². The Morgan fingerprint density at radius 2 is 1.15 bits per heavy atom. The third kappa shape index (κ3) is 5.12. The molecule has 0 spiro atoms. The quantitative estimate of drug-likeness (QED) is 0.149. The minimum absolute atomic E-state index is 0.157. The van der Waals surface area contributed by atoms with Gasteiger partial charge in [-0.2, -0.15) is 15.2 Å². The summed E-state index contributed by atoms with van der Waals surface area (Å²) in [6.45, 7) is 0. The number of nitro groups is 2. The largest absolute Gasteiger partial charge is 0.288 e. The van der Waals surface area contributed by atoms with E-state index in [1.807, 2.05) is 0 Å². The number of amides is 4. The predicted molar refractivity (Wildman–Crippen MR) is 130 cm³/mol. The normalized spacial score (nSPS) is 18.9. The highest BCUT2D eigenvalue weighted by Gasteiger charge is 2.42. The van der Waals surface area contributed by atoms with Gasteiger partial charge in [0.1, 0.15) is 0 Å². The highest BCUT2D eigenvalue weighted by Crippen LogP contribution is 2.24. The second-order valence-electron chi connectivity index (χ2n) is 8.04. The lowest BCUT2D eigenvalue weighted by Crippen LogP contribution is -2.35. The van der Waals surface area contributed by atoms with Crippen molar-refractivity contribution in [1.29, 1.82) is 0 Å². The molecule has 21 nitrogen and oxygen atoms in total. The Bertz CT molecular complexity index is 1530. The first kappa shape index (κ1) is 26.1. The van der Waals surface area contributed by atoms with Crippen LogP contribution < -0.4 is 20.9 Å². The summed E-state index contributed by atoms with van der Waals surface area (Å²) in [6, 6.07) is 6.51. The first-order chi connectivity index (χ1) is 19.6. The van der Waals surface area contributed by atoms with Gasteiger partial charge in [0.2, 0.25) is 12.1 Å². The van der Waals surface area contributed by atoms with Gasteiger partial charge in [0.15, 0.2) is 0 Å². The van der Waals surface area contributed by atoms with Gasteiger partial charge in [0.05, 0.1) is 21.2 Å². The van der Waals surface area contributed by atoms with Crippen LogP contribution in [0.25, 0.3) is 0 Å². The van der Waals surface area contributed by atoms with E-state index in [1.54, 1.807) is 0 Å². The van der Waals surface area contributed by atoms with Gasteiger partial charge in [-0.3, -0.25) is 50.3 Å². The molecule has 5 rings (SSSR count). The number of aromatic amines is 1. The Hall–Kier alpha value is -6.54. The lowest BCUT2D eigenvalue weighted by Gasteiger charge is -2.14. The van der Waals surface area contributed by atoms with Crippen molar-refractivity contribution in [3.05, 3.63) is 68.8 Å². The summed E-state index contributed by atoms with van der Waals surface area (Å²) in [5, 5.41) is 43.9. The van der Waals surface area contributed by atoms with Crippen molar-refractivity contribution in [2.45, 2.75) is 12.1 Å². The van der Waals surface area contributed by atoms with Crippen LogP contribution in [0.3, 0.4) is 0 Å². The molecule has 4 amide bonds. The van der Waals surface area contributed by atoms with E-state index in [2.05, 4.69) is 46.5 Å². The van der Waals surface area contributed by atoms with Crippen molar-refractivity contribution in [3.63, 3.8) is 0 Å². The first-order valence-corrected chi connectivity index (χ1v) is 11.1. The molecule has 21 heteroatoms. The van der Waals surface area contributed by atoms with Crippen LogP contribution >= 0.6 is 0 Å². The fourth-order valence-electron chi connectivity index (χ4n) is 3.51. The molecule has 2 saturated heterocycles. The number of anilines is 2. The lowest BCUT2D eigenvalue weighted by molar-refractivity contribution is -0.385. The number of non-ortho nitro benzene ring substituents is 2. The number of azo groups is 2. The van der Waals surface area contributed by atoms with Crippen LogP contribution in [0.4, 0.5) is 34.6 Å². The molecule has 1 aromatic heterocycles. The molecular formula is C20H13N13O8. The van der Waals surface area contributed by atoms with Crippen molar-refractivity contribution in [2.24, 2.45) is 20.5 Å². The number of hydrogen-bond acceptors (Lipinski definition) is 14. The molecule has 0 saturated carbocycles. The number of benzene rings is 2. The second-order valence-corrected chi connectivity index (χ2v) is 8.04. The third-order valence-electron chi connectivity index (χ3n) is 5.48. The SMILES string of the molecule is O=C1NN(c2ccc([N+](=O)[O-])cc2)C(=O)C1N=Nc1n[nH]c(N=NC2C(=O)NN(c3ccc([N+](=O)[O-])cc3)C2=O)n1. The van der Waals surface area contributed by atoms with Gasteiger partial charge in [0.25, 0.3) is 46.9 Å². The van der Waals surface area contributed by atoms with Gasteiger partial charge >= 0.3 is 0 Å². The van der Waals surface area contributed by atoms with E-state index in [0.29, 0.717) is 0 Å². The van der Waals surface area contributed by atoms with E-state index >= 15 is 0 Å². The monoisotopic (exact) mass is 563 g/mol. The van der Waals surface area contributed by atoms with Gasteiger partial charge < -0.3 is 0 Å². The minimum Gasteiger partial charge on any atom is -0.270 e. The Morgan fingerprint density at radius 1 is 0.707 bits per heavy atom. The smallest absolute Gasteiger partial charge is 0.270 e. The maximum Gasteiger partial charge on any atom is 0.288 e. The molecule has 3 heterocycles. The second kappa shape index (κ2) is 10.3. The summed E-state index contributed by atoms with van der Waals surface area (Å²) in [7, 11) is 0. The molecule has 2 atom stereocenters. The number of nitrogens with zero attached hydrogens (tertiary/aromatic N) is 10. The standard InChI is InChI=1S/C20H13N13O8/c34-15-13(17(36)30(28-15)9-1-5-11(6-2-9)32(38)39)22-24-19-21-20(27-26-19)25-23-14-16(35)29-31(18(14)37)10-3-7-12(8-4-10)33(40)41/h1-8,13-14H,(H,28,34)(H,29,35)(H,21,26,27). The molecule has 0 bridgehead atoms. The van der Waals surface area contributed by atoms with E-state index in [-0.39, 0.29) is 34.6 Å². The summed E-state index contributed by atoms with van der Waals surface area (Å²) in [5.41, 5.74) is 4.46. The Kier molecular flexibility index (Phi) is 6.56. The zero-order chi connectivity index (χ0) is 29.3. The summed E-state index contributed by atoms with van der Waals surface area (Å²) in [5.74, 6) is -3.91. The number of nitro benzene ring substituents is 2. The van der Waals surface area contributed by atoms with Crippen molar-refractivity contribution in [2.75, 3.05) is 10.0 Å². The number of H-pyrrole nitrogens is 1. The fraction of sp³-hybridized carbons (Fsp3) is 0.100. The van der Waals surface area contributed by atoms with E-state index < -0.39 is 45.6 Å². The third-order valence-corrected chi connectivity index (χ3v) is 5.48. The van der Waals surface area contributed by atoms with Crippen LogP contribution in [-0.4, -0.2) is 60.7 Å². The summed E-state index contributed by atoms with van der Waals surface area (Å²) < 4.78 is 0. The number of hydrogen-bond donors (Lipinski definition) is 3. The van der Waals surface area contributed by atoms with Crippen molar-refractivity contribution in [3.8, 4) is 0 Å². The van der Waals surface area contributed by atoms with Gasteiger partial charge in [-0.05, 0) is 24.3 Å². The molecular weight excluding hydrogens is 550 g/mol. The van der Waals surface area contributed by atoms with Gasteiger partial charge in [0, 0.05) is 24.3 Å². The van der Waals surface area contributed by atoms with Crippen LogP contribution in [0.1, 0.15) is 0 Å². The molecule has 2 aliphatic heterocycles. The molecule has 3 aromatic rings. The summed E-state index contributed by atoms with van der Waals surface area (Å²) in [6.07, 6.45) is 0. The Morgan fingerprint density at radius 3 is 1.59 bits per heavy atom. The maximum absolute atomic E-state index is 12.6. The summed E-state index contributed by atoms with van der Waals surface area (Å²) in [4.78, 5) is 73.9.